The van der Waals surface area contributed by atoms with Crippen molar-refractivity contribution in [3.63, 3.8) is 0 Å². The highest BCUT2D eigenvalue weighted by molar-refractivity contribution is 5.75. The summed E-state index contributed by atoms with van der Waals surface area (Å²) in [5.41, 5.74) is 0. The predicted molar refractivity (Wildman–Crippen MR) is 105 cm³/mol. The number of rotatable bonds is 20. The zero-order valence-electron chi connectivity index (χ0n) is 17.2. The van der Waals surface area contributed by atoms with Gasteiger partial charge in [0.05, 0.1) is 39.1 Å². The Labute approximate surface area is 160 Å². The Hall–Kier alpha value is -0.690. The van der Waals surface area contributed by atoms with E-state index in [4.69, 9.17) is 18.9 Å². The maximum absolute atomic E-state index is 11.7. The second-order valence-electron chi connectivity index (χ2n) is 6.56. The van der Waals surface area contributed by atoms with Gasteiger partial charge in [-0.3, -0.25) is 4.79 Å². The van der Waals surface area contributed by atoms with Gasteiger partial charge in [-0.25, -0.2) is 0 Å². The van der Waals surface area contributed by atoms with E-state index in [0.29, 0.717) is 58.7 Å². The SMILES string of the molecule is CCOCCOCCOCCNC(=O)CCCCCCCCOC(C)C. The molecule has 0 aromatic carbocycles. The molecule has 0 heterocycles. The van der Waals surface area contributed by atoms with Crippen LogP contribution in [0.2, 0.25) is 0 Å². The van der Waals surface area contributed by atoms with E-state index >= 15 is 0 Å². The van der Waals surface area contributed by atoms with E-state index in [0.717, 1.165) is 25.9 Å². The molecular weight excluding hydrogens is 334 g/mol. The third-order valence-electron chi connectivity index (χ3n) is 3.77. The largest absolute Gasteiger partial charge is 0.379 e. The van der Waals surface area contributed by atoms with E-state index in [-0.39, 0.29) is 5.91 Å². The summed E-state index contributed by atoms with van der Waals surface area (Å²) in [5, 5.41) is 2.89. The zero-order chi connectivity index (χ0) is 19.3. The molecule has 0 atom stereocenters. The van der Waals surface area contributed by atoms with E-state index in [1.807, 2.05) is 6.92 Å². The molecule has 6 heteroatoms. The van der Waals surface area contributed by atoms with Gasteiger partial charge in [0.2, 0.25) is 5.91 Å². The number of carbonyl (C=O) groups excluding carboxylic acids is 1. The lowest BCUT2D eigenvalue weighted by atomic mass is 10.1. The summed E-state index contributed by atoms with van der Waals surface area (Å²) in [6.07, 6.45) is 7.79. The van der Waals surface area contributed by atoms with Crippen LogP contribution in [0.1, 0.15) is 65.7 Å². The van der Waals surface area contributed by atoms with Gasteiger partial charge in [0.15, 0.2) is 0 Å². The fourth-order valence-electron chi connectivity index (χ4n) is 2.35. The predicted octanol–water partition coefficient (Wildman–Crippen LogP) is 3.33. The number of carbonyl (C=O) groups is 1. The van der Waals surface area contributed by atoms with Crippen molar-refractivity contribution in [3.8, 4) is 0 Å². The van der Waals surface area contributed by atoms with Crippen molar-refractivity contribution in [2.45, 2.75) is 71.8 Å². The highest BCUT2D eigenvalue weighted by Gasteiger charge is 2.01. The first kappa shape index (κ1) is 25.3. The number of unbranched alkanes of at least 4 members (excludes halogenated alkanes) is 5. The van der Waals surface area contributed by atoms with E-state index in [2.05, 4.69) is 19.2 Å². The van der Waals surface area contributed by atoms with Crippen LogP contribution in [0.3, 0.4) is 0 Å². The fraction of sp³-hybridized carbons (Fsp3) is 0.950. The minimum absolute atomic E-state index is 0.117. The molecule has 0 radical (unpaired) electrons. The number of ether oxygens (including phenoxy) is 4. The maximum atomic E-state index is 11.7. The van der Waals surface area contributed by atoms with Crippen molar-refractivity contribution in [1.82, 2.24) is 5.32 Å². The van der Waals surface area contributed by atoms with Crippen molar-refractivity contribution in [1.29, 1.82) is 0 Å². The standard InChI is InChI=1S/C20H41NO5/c1-4-23-15-16-25-18-17-24-14-12-21-20(22)11-9-7-5-6-8-10-13-26-19(2)3/h19H,4-18H2,1-3H3,(H,21,22). The van der Waals surface area contributed by atoms with Crippen LogP contribution in [-0.2, 0) is 23.7 Å². The van der Waals surface area contributed by atoms with E-state index in [1.54, 1.807) is 0 Å². The van der Waals surface area contributed by atoms with Crippen LogP contribution in [0.15, 0.2) is 0 Å². The van der Waals surface area contributed by atoms with Gasteiger partial charge >= 0.3 is 0 Å². The van der Waals surface area contributed by atoms with Gasteiger partial charge in [-0.2, -0.15) is 0 Å². The van der Waals surface area contributed by atoms with Gasteiger partial charge in [0.25, 0.3) is 0 Å². The van der Waals surface area contributed by atoms with Crippen LogP contribution >= 0.6 is 0 Å². The molecule has 0 unspecified atom stereocenters. The topological polar surface area (TPSA) is 66.0 Å². The van der Waals surface area contributed by atoms with Crippen LogP contribution in [0, 0.1) is 0 Å². The first-order valence-corrected chi connectivity index (χ1v) is 10.3. The van der Waals surface area contributed by atoms with Crippen molar-refractivity contribution in [3.05, 3.63) is 0 Å². The third-order valence-corrected chi connectivity index (χ3v) is 3.77. The molecule has 6 nitrogen and oxygen atoms in total. The Morgan fingerprint density at radius 1 is 0.769 bits per heavy atom. The molecule has 0 saturated carbocycles. The Morgan fingerprint density at radius 3 is 2.00 bits per heavy atom. The monoisotopic (exact) mass is 375 g/mol. The maximum Gasteiger partial charge on any atom is 0.220 e. The molecule has 0 aliphatic heterocycles. The quantitative estimate of drug-likeness (QED) is 0.331. The fourth-order valence-corrected chi connectivity index (χ4v) is 2.35. The second kappa shape index (κ2) is 20.6. The smallest absolute Gasteiger partial charge is 0.220 e. The van der Waals surface area contributed by atoms with Gasteiger partial charge in [-0.1, -0.05) is 25.7 Å². The molecule has 0 aromatic rings. The molecule has 1 N–H and O–H groups in total. The van der Waals surface area contributed by atoms with Gasteiger partial charge in [0, 0.05) is 26.2 Å². The normalized spacial score (nSPS) is 11.2. The van der Waals surface area contributed by atoms with Crippen molar-refractivity contribution in [2.75, 3.05) is 52.8 Å². The molecule has 1 amide bonds. The summed E-state index contributed by atoms with van der Waals surface area (Å²) < 4.78 is 21.4. The van der Waals surface area contributed by atoms with Gasteiger partial charge in [-0.15, -0.1) is 0 Å². The lowest BCUT2D eigenvalue weighted by molar-refractivity contribution is -0.121. The van der Waals surface area contributed by atoms with Crippen LogP contribution in [-0.4, -0.2) is 64.8 Å². The highest BCUT2D eigenvalue weighted by atomic mass is 16.5. The Kier molecular flexibility index (Phi) is 20.1. The van der Waals surface area contributed by atoms with Crippen LogP contribution in [0.5, 0.6) is 0 Å². The summed E-state index contributed by atoms with van der Waals surface area (Å²) in [6, 6.07) is 0. The van der Waals surface area contributed by atoms with E-state index in [9.17, 15) is 4.79 Å². The second-order valence-corrected chi connectivity index (χ2v) is 6.56. The highest BCUT2D eigenvalue weighted by Crippen LogP contribution is 2.07. The van der Waals surface area contributed by atoms with E-state index in [1.165, 1.54) is 19.3 Å². The van der Waals surface area contributed by atoms with Gasteiger partial charge in [0.1, 0.15) is 0 Å². The lowest BCUT2D eigenvalue weighted by Gasteiger charge is -2.08. The summed E-state index contributed by atoms with van der Waals surface area (Å²) in [6.45, 7) is 11.1. The molecule has 0 aromatic heterocycles. The Balaban J connectivity index is 3.16. The molecule has 0 aliphatic rings. The van der Waals surface area contributed by atoms with Crippen molar-refractivity contribution < 1.29 is 23.7 Å². The first-order chi connectivity index (χ1) is 12.7. The summed E-state index contributed by atoms with van der Waals surface area (Å²) in [7, 11) is 0. The van der Waals surface area contributed by atoms with Crippen LogP contribution in [0.25, 0.3) is 0 Å². The summed E-state index contributed by atoms with van der Waals surface area (Å²) >= 11 is 0. The van der Waals surface area contributed by atoms with Crippen molar-refractivity contribution >= 4 is 5.91 Å². The molecule has 0 spiro atoms. The molecular formula is C20H41NO5. The Bertz CT molecular complexity index is 300. The summed E-state index contributed by atoms with van der Waals surface area (Å²) in [5.74, 6) is 0.117. The Morgan fingerprint density at radius 2 is 1.35 bits per heavy atom. The third kappa shape index (κ3) is 21.4. The number of nitrogens with one attached hydrogen (secondary N) is 1. The van der Waals surface area contributed by atoms with Crippen LogP contribution in [0.4, 0.5) is 0 Å². The summed E-state index contributed by atoms with van der Waals surface area (Å²) in [4.78, 5) is 11.7. The average Bonchev–Trinajstić information content (AvgIpc) is 2.61. The molecule has 0 rings (SSSR count). The van der Waals surface area contributed by atoms with Crippen LogP contribution < -0.4 is 5.32 Å². The first-order valence-electron chi connectivity index (χ1n) is 10.3. The molecule has 0 bridgehead atoms. The minimum Gasteiger partial charge on any atom is -0.379 e. The molecule has 0 aliphatic carbocycles. The molecule has 26 heavy (non-hydrogen) atoms. The number of amides is 1. The van der Waals surface area contributed by atoms with Gasteiger partial charge in [-0.05, 0) is 33.6 Å². The lowest BCUT2D eigenvalue weighted by Crippen LogP contribution is -2.27. The minimum atomic E-state index is 0.117. The molecule has 0 saturated heterocycles. The zero-order valence-corrected chi connectivity index (χ0v) is 17.2. The number of hydrogen-bond donors (Lipinski definition) is 1. The van der Waals surface area contributed by atoms with Crippen molar-refractivity contribution in [2.24, 2.45) is 0 Å². The van der Waals surface area contributed by atoms with Gasteiger partial charge < -0.3 is 24.3 Å². The number of hydrogen-bond acceptors (Lipinski definition) is 5. The average molecular weight is 376 g/mol. The molecule has 156 valence electrons. The van der Waals surface area contributed by atoms with E-state index < -0.39 is 0 Å². The molecule has 0 fully saturated rings.